The van der Waals surface area contributed by atoms with Crippen molar-refractivity contribution in [2.45, 2.75) is 101 Å². The number of hydrogen-bond donors (Lipinski definition) is 1. The number of carbonyl (C=O) groups excluding carboxylic acids is 3. The first-order valence-corrected chi connectivity index (χ1v) is 21.9. The molecule has 3 atom stereocenters. The van der Waals surface area contributed by atoms with Crippen LogP contribution >= 0.6 is 0 Å². The van der Waals surface area contributed by atoms with Crippen LogP contribution < -0.4 is 10.1 Å². The number of amides is 3. The van der Waals surface area contributed by atoms with Gasteiger partial charge in [0.2, 0.25) is 11.8 Å². The summed E-state index contributed by atoms with van der Waals surface area (Å²) in [7, 11) is 2.22. The summed E-state index contributed by atoms with van der Waals surface area (Å²) in [6.07, 6.45) is 7.22. The zero-order valence-electron chi connectivity index (χ0n) is 34.6. The van der Waals surface area contributed by atoms with E-state index < -0.39 is 6.04 Å². The smallest absolute Gasteiger partial charge is 0.255 e. The second-order valence-electron chi connectivity index (χ2n) is 17.3. The maximum absolute atomic E-state index is 13.2. The molecular weight excluding hydrogens is 747 g/mol. The number of ether oxygens (including phenoxy) is 2. The van der Waals surface area contributed by atoms with Crippen LogP contribution in [0.2, 0.25) is 0 Å². The van der Waals surface area contributed by atoms with Gasteiger partial charge in [0.15, 0.2) is 0 Å². The minimum atomic E-state index is -0.582. The molecule has 0 radical (unpaired) electrons. The number of imide groups is 1. The van der Waals surface area contributed by atoms with Crippen LogP contribution in [0.4, 0.5) is 0 Å². The molecule has 2 fully saturated rings. The maximum Gasteiger partial charge on any atom is 0.255 e. The summed E-state index contributed by atoms with van der Waals surface area (Å²) < 4.78 is 12.5. The van der Waals surface area contributed by atoms with Crippen molar-refractivity contribution in [2.24, 2.45) is 0 Å². The number of nitrogens with zero attached hydrogens (tertiary/aromatic N) is 2. The Balaban J connectivity index is 0.764. The molecule has 9 rings (SSSR count). The molecule has 8 nitrogen and oxygen atoms in total. The van der Waals surface area contributed by atoms with E-state index in [1.165, 1.54) is 38.9 Å². The number of piperidine rings is 1. The summed E-state index contributed by atoms with van der Waals surface area (Å²) in [6, 6.07) is 43.3. The molecule has 2 aliphatic carbocycles. The van der Waals surface area contributed by atoms with Gasteiger partial charge in [-0.25, -0.2) is 0 Å². The Kier molecular flexibility index (Phi) is 11.9. The molecule has 5 aromatic carbocycles. The third-order valence-electron chi connectivity index (χ3n) is 13.6. The lowest BCUT2D eigenvalue weighted by atomic mass is 9.69. The molecule has 8 heteroatoms. The summed E-state index contributed by atoms with van der Waals surface area (Å²) in [6.45, 7) is 3.15. The molecule has 60 heavy (non-hydrogen) atoms. The molecule has 2 aliphatic heterocycles. The molecule has 0 aromatic heterocycles. The van der Waals surface area contributed by atoms with E-state index in [1.54, 1.807) is 4.90 Å². The Morgan fingerprint density at radius 2 is 1.42 bits per heavy atom. The van der Waals surface area contributed by atoms with Crippen molar-refractivity contribution in [3.63, 3.8) is 0 Å². The van der Waals surface area contributed by atoms with Crippen LogP contribution in [0, 0.1) is 0 Å². The topological polar surface area (TPSA) is 88.2 Å². The zero-order chi connectivity index (χ0) is 41.0. The van der Waals surface area contributed by atoms with Gasteiger partial charge in [-0.3, -0.25) is 19.7 Å². The number of nitrogens with one attached hydrogen (secondary N) is 1. The fourth-order valence-electron chi connectivity index (χ4n) is 10.2. The van der Waals surface area contributed by atoms with E-state index >= 15 is 0 Å². The van der Waals surface area contributed by atoms with Crippen molar-refractivity contribution in [3.8, 4) is 5.75 Å². The lowest BCUT2D eigenvalue weighted by Crippen LogP contribution is -2.52. The normalized spacial score (nSPS) is 22.7. The third kappa shape index (κ3) is 8.68. The Hall–Kier alpha value is -5.57. The Labute approximate surface area is 353 Å². The standard InChI is InChI=1S/C52H55N3O5/c1-54(43-20-16-37(17-21-43)40-18-24-47-42(30-40)32-55(52(47)58)48-26-27-49(56)53-51(48)57)28-29-59-33-36-12-14-39(15-13-36)50-45(38-10-6-3-7-11-38)23-19-41-31-44(22-25-46(41)50)60-34-35-8-4-2-5-9-35/h2-15,18,22,24-25,30-31,37,43,45,48,50H,16-17,19-21,23,26-29,32-34H2,1H3,(H,53,56,57)/t37-,43-,45-,48+,50+/m1/s1. The average molecular weight is 802 g/mol. The Morgan fingerprint density at radius 3 is 2.18 bits per heavy atom. The summed E-state index contributed by atoms with van der Waals surface area (Å²) in [5.74, 6) is 1.31. The molecule has 1 N–H and O–H groups in total. The fraction of sp³-hybridized carbons (Fsp3) is 0.365. The average Bonchev–Trinajstić information content (AvgIpc) is 3.62. The van der Waals surface area contributed by atoms with Gasteiger partial charge in [-0.05, 0) is 127 Å². The zero-order valence-corrected chi connectivity index (χ0v) is 34.6. The van der Waals surface area contributed by atoms with Crippen molar-refractivity contribution >= 4 is 17.7 Å². The highest BCUT2D eigenvalue weighted by molar-refractivity contribution is 6.05. The van der Waals surface area contributed by atoms with E-state index in [0.29, 0.717) is 56.2 Å². The summed E-state index contributed by atoms with van der Waals surface area (Å²) in [4.78, 5) is 41.4. The molecular formula is C52H55N3O5. The minimum absolute atomic E-state index is 0.113. The second kappa shape index (κ2) is 18.0. The Morgan fingerprint density at radius 1 is 0.683 bits per heavy atom. The van der Waals surface area contributed by atoms with E-state index in [4.69, 9.17) is 9.47 Å². The molecule has 4 aliphatic rings. The highest BCUT2D eigenvalue weighted by Gasteiger charge is 2.39. The first kappa shape index (κ1) is 39.9. The van der Waals surface area contributed by atoms with Gasteiger partial charge in [-0.15, -0.1) is 0 Å². The van der Waals surface area contributed by atoms with Crippen LogP contribution in [0.1, 0.15) is 118 Å². The maximum atomic E-state index is 13.2. The number of fused-ring (bicyclic) bond motifs is 2. The van der Waals surface area contributed by atoms with Crippen LogP contribution in [-0.4, -0.2) is 59.8 Å². The molecule has 0 spiro atoms. The molecule has 3 amide bonds. The van der Waals surface area contributed by atoms with Crippen molar-refractivity contribution in [1.82, 2.24) is 15.1 Å². The van der Waals surface area contributed by atoms with Crippen molar-refractivity contribution in [3.05, 3.63) is 171 Å². The molecule has 1 saturated heterocycles. The van der Waals surface area contributed by atoms with Gasteiger partial charge in [0.05, 0.1) is 13.2 Å². The van der Waals surface area contributed by atoms with Gasteiger partial charge in [0.25, 0.3) is 5.91 Å². The SMILES string of the molecule is CN(CCOCc1ccc([C@@H]2c3ccc(OCc4ccccc4)cc3CC[C@@H]2c2ccccc2)cc1)[C@H]1CC[C@H](c2ccc3c(c2)CN([C@H]2CCC(=O)NC2=O)C3=O)CC1. The fourth-order valence-corrected chi connectivity index (χ4v) is 10.2. The lowest BCUT2D eigenvalue weighted by Gasteiger charge is -2.35. The van der Waals surface area contributed by atoms with Crippen LogP contribution in [0.3, 0.4) is 0 Å². The molecule has 308 valence electrons. The van der Waals surface area contributed by atoms with E-state index in [0.717, 1.165) is 56.4 Å². The highest BCUT2D eigenvalue weighted by Crippen LogP contribution is 2.47. The van der Waals surface area contributed by atoms with Gasteiger partial charge in [0, 0.05) is 37.0 Å². The first-order valence-electron chi connectivity index (χ1n) is 21.9. The van der Waals surface area contributed by atoms with E-state index in [-0.39, 0.29) is 30.1 Å². The number of rotatable bonds is 13. The lowest BCUT2D eigenvalue weighted by molar-refractivity contribution is -0.136. The summed E-state index contributed by atoms with van der Waals surface area (Å²) in [5, 5.41) is 2.39. The summed E-state index contributed by atoms with van der Waals surface area (Å²) >= 11 is 0. The number of hydrogen-bond acceptors (Lipinski definition) is 6. The predicted molar refractivity (Wildman–Crippen MR) is 233 cm³/mol. The van der Waals surface area contributed by atoms with Gasteiger partial charge < -0.3 is 19.3 Å². The molecule has 1 saturated carbocycles. The predicted octanol–water partition coefficient (Wildman–Crippen LogP) is 9.06. The van der Waals surface area contributed by atoms with E-state index in [2.05, 4.69) is 126 Å². The number of carbonyl (C=O) groups is 3. The number of benzene rings is 5. The first-order chi connectivity index (χ1) is 29.4. The van der Waals surface area contributed by atoms with Crippen LogP contribution in [0.15, 0.2) is 121 Å². The van der Waals surface area contributed by atoms with E-state index in [1.807, 2.05) is 12.1 Å². The number of likely N-dealkylation sites (N-methyl/N-ethyl adjacent to an activating group) is 1. The minimum Gasteiger partial charge on any atom is -0.489 e. The van der Waals surface area contributed by atoms with Crippen LogP contribution in [0.25, 0.3) is 0 Å². The number of aryl methyl sites for hydroxylation is 1. The third-order valence-corrected chi connectivity index (χ3v) is 13.6. The molecule has 5 aromatic rings. The molecule has 2 heterocycles. The van der Waals surface area contributed by atoms with Crippen molar-refractivity contribution < 1.29 is 23.9 Å². The monoisotopic (exact) mass is 801 g/mol. The van der Waals surface area contributed by atoms with Crippen LogP contribution in [-0.2, 0) is 40.5 Å². The van der Waals surface area contributed by atoms with Crippen LogP contribution in [0.5, 0.6) is 5.75 Å². The Bertz CT molecular complexity index is 2300. The van der Waals surface area contributed by atoms with Gasteiger partial charge in [-0.1, -0.05) is 103 Å². The van der Waals surface area contributed by atoms with Gasteiger partial charge in [-0.2, -0.15) is 0 Å². The second-order valence-corrected chi connectivity index (χ2v) is 17.3. The van der Waals surface area contributed by atoms with E-state index in [9.17, 15) is 14.4 Å². The van der Waals surface area contributed by atoms with Crippen molar-refractivity contribution in [2.75, 3.05) is 20.2 Å². The quantitative estimate of drug-likeness (QED) is 0.0945. The van der Waals surface area contributed by atoms with Crippen molar-refractivity contribution in [1.29, 1.82) is 0 Å². The summed E-state index contributed by atoms with van der Waals surface area (Å²) in [5.41, 5.74) is 10.8. The molecule has 0 unspecified atom stereocenters. The largest absolute Gasteiger partial charge is 0.489 e. The highest BCUT2D eigenvalue weighted by atomic mass is 16.5. The van der Waals surface area contributed by atoms with Gasteiger partial charge >= 0.3 is 0 Å². The van der Waals surface area contributed by atoms with Gasteiger partial charge in [0.1, 0.15) is 18.4 Å². The molecule has 0 bridgehead atoms.